The monoisotopic (exact) mass is 150 g/mol. The van der Waals surface area contributed by atoms with Crippen LogP contribution in [-0.4, -0.2) is 0 Å². The highest BCUT2D eigenvalue weighted by Crippen LogP contribution is 2.49. The molecule has 1 fully saturated rings. The van der Waals surface area contributed by atoms with Crippen LogP contribution in [0.15, 0.2) is 24.8 Å². The lowest BCUT2D eigenvalue weighted by Gasteiger charge is -2.06. The van der Waals surface area contributed by atoms with E-state index in [1.165, 1.54) is 12.0 Å². The van der Waals surface area contributed by atoms with Gasteiger partial charge in [-0.05, 0) is 30.6 Å². The third-order valence-electron chi connectivity index (χ3n) is 2.88. The summed E-state index contributed by atoms with van der Waals surface area (Å²) in [6.45, 7) is 12.4. The highest BCUT2D eigenvalue weighted by molar-refractivity contribution is 5.25. The second kappa shape index (κ2) is 3.25. The summed E-state index contributed by atoms with van der Waals surface area (Å²) in [4.78, 5) is 0. The van der Waals surface area contributed by atoms with Gasteiger partial charge in [0.2, 0.25) is 0 Å². The van der Waals surface area contributed by atoms with E-state index in [2.05, 4.69) is 27.0 Å². The Bertz CT molecular complexity index is 167. The van der Waals surface area contributed by atoms with Crippen molar-refractivity contribution < 1.29 is 0 Å². The molecule has 0 heteroatoms. The predicted octanol–water partition coefficient (Wildman–Crippen LogP) is 3.41. The van der Waals surface area contributed by atoms with Gasteiger partial charge in [0, 0.05) is 0 Å². The van der Waals surface area contributed by atoms with Crippen molar-refractivity contribution in [1.29, 1.82) is 0 Å². The molecule has 1 rings (SSSR count). The van der Waals surface area contributed by atoms with Crippen LogP contribution in [0, 0.1) is 17.8 Å². The first kappa shape index (κ1) is 8.58. The molecule has 0 saturated heterocycles. The molecule has 62 valence electrons. The fourth-order valence-corrected chi connectivity index (χ4v) is 1.91. The Morgan fingerprint density at radius 2 is 2.18 bits per heavy atom. The molecule has 0 aliphatic heterocycles. The van der Waals surface area contributed by atoms with Crippen LogP contribution in [0.2, 0.25) is 0 Å². The molecule has 1 aliphatic rings. The minimum absolute atomic E-state index is 0.787. The van der Waals surface area contributed by atoms with E-state index in [0.717, 1.165) is 24.2 Å². The summed E-state index contributed by atoms with van der Waals surface area (Å²) >= 11 is 0. The second-order valence-electron chi connectivity index (χ2n) is 3.73. The Balaban J connectivity index is 2.26. The highest BCUT2D eigenvalue weighted by atomic mass is 14.5. The van der Waals surface area contributed by atoms with E-state index in [1.54, 1.807) is 0 Å². The molecule has 0 radical (unpaired) electrons. The fraction of sp³-hybridized carbons (Fsp3) is 0.636. The van der Waals surface area contributed by atoms with Gasteiger partial charge in [0.05, 0.1) is 0 Å². The first-order valence-electron chi connectivity index (χ1n) is 4.48. The maximum atomic E-state index is 4.03. The fourth-order valence-electron chi connectivity index (χ4n) is 1.91. The Labute approximate surface area is 70.0 Å². The van der Waals surface area contributed by atoms with Crippen molar-refractivity contribution in [2.24, 2.45) is 17.8 Å². The highest BCUT2D eigenvalue weighted by Gasteiger charge is 2.41. The summed E-state index contributed by atoms with van der Waals surface area (Å²) < 4.78 is 0. The molecule has 0 bridgehead atoms. The Morgan fingerprint density at radius 3 is 2.55 bits per heavy atom. The molecule has 3 atom stereocenters. The molecule has 0 amide bonds. The van der Waals surface area contributed by atoms with Crippen LogP contribution < -0.4 is 0 Å². The Morgan fingerprint density at radius 1 is 1.64 bits per heavy atom. The van der Waals surface area contributed by atoms with E-state index in [-0.39, 0.29) is 0 Å². The minimum atomic E-state index is 0.787. The zero-order valence-electron chi connectivity index (χ0n) is 7.64. The second-order valence-corrected chi connectivity index (χ2v) is 3.73. The van der Waals surface area contributed by atoms with E-state index >= 15 is 0 Å². The van der Waals surface area contributed by atoms with Crippen molar-refractivity contribution >= 4 is 0 Å². The van der Waals surface area contributed by atoms with Crippen molar-refractivity contribution in [1.82, 2.24) is 0 Å². The predicted molar refractivity (Wildman–Crippen MR) is 50.4 cm³/mol. The summed E-state index contributed by atoms with van der Waals surface area (Å²) in [6.07, 6.45) is 4.43. The number of hydrogen-bond acceptors (Lipinski definition) is 0. The van der Waals surface area contributed by atoms with E-state index in [4.69, 9.17) is 0 Å². The van der Waals surface area contributed by atoms with Gasteiger partial charge in [0.15, 0.2) is 0 Å². The van der Waals surface area contributed by atoms with E-state index < -0.39 is 0 Å². The van der Waals surface area contributed by atoms with Gasteiger partial charge in [0.25, 0.3) is 0 Å². The van der Waals surface area contributed by atoms with Crippen molar-refractivity contribution in [3.63, 3.8) is 0 Å². The van der Waals surface area contributed by atoms with Gasteiger partial charge < -0.3 is 0 Å². The quantitative estimate of drug-likeness (QED) is 0.539. The molecule has 11 heavy (non-hydrogen) atoms. The zero-order chi connectivity index (χ0) is 8.43. The first-order chi connectivity index (χ1) is 5.18. The lowest BCUT2D eigenvalue weighted by atomic mass is 9.99. The smallest absolute Gasteiger partial charge is 0.0114 e. The molecule has 0 nitrogen and oxygen atoms in total. The van der Waals surface area contributed by atoms with Gasteiger partial charge in [-0.1, -0.05) is 32.1 Å². The maximum absolute atomic E-state index is 4.03. The van der Waals surface area contributed by atoms with Gasteiger partial charge in [-0.2, -0.15) is 0 Å². The van der Waals surface area contributed by atoms with Crippen LogP contribution in [0.1, 0.15) is 26.7 Å². The minimum Gasteiger partial charge on any atom is -0.103 e. The average molecular weight is 150 g/mol. The number of allylic oxidation sites excluding steroid dienone is 2. The van der Waals surface area contributed by atoms with Crippen molar-refractivity contribution in [3.05, 3.63) is 24.8 Å². The SMILES string of the molecule is C=CCCC(C)C1C(=C)C1C. The summed E-state index contributed by atoms with van der Waals surface area (Å²) in [5.74, 6) is 2.42. The van der Waals surface area contributed by atoms with Crippen LogP contribution >= 0.6 is 0 Å². The zero-order valence-corrected chi connectivity index (χ0v) is 7.64. The summed E-state index contributed by atoms with van der Waals surface area (Å²) in [5.41, 5.74) is 1.46. The Kier molecular flexibility index (Phi) is 2.53. The molecule has 0 N–H and O–H groups in total. The molecule has 0 aromatic heterocycles. The topological polar surface area (TPSA) is 0 Å². The number of hydrogen-bond donors (Lipinski definition) is 0. The summed E-state index contributed by atoms with van der Waals surface area (Å²) in [7, 11) is 0. The van der Waals surface area contributed by atoms with Crippen LogP contribution in [0.5, 0.6) is 0 Å². The molecule has 1 saturated carbocycles. The first-order valence-corrected chi connectivity index (χ1v) is 4.48. The summed E-state index contributed by atoms with van der Waals surface area (Å²) in [5, 5.41) is 0. The van der Waals surface area contributed by atoms with Crippen LogP contribution in [0.3, 0.4) is 0 Å². The number of rotatable bonds is 4. The van der Waals surface area contributed by atoms with Crippen LogP contribution in [0.4, 0.5) is 0 Å². The lowest BCUT2D eigenvalue weighted by Crippen LogP contribution is -1.97. The van der Waals surface area contributed by atoms with E-state index in [1.807, 2.05) is 6.08 Å². The van der Waals surface area contributed by atoms with Crippen LogP contribution in [-0.2, 0) is 0 Å². The molecular weight excluding hydrogens is 132 g/mol. The third kappa shape index (κ3) is 1.74. The van der Waals surface area contributed by atoms with Crippen molar-refractivity contribution in [3.8, 4) is 0 Å². The molecule has 0 spiro atoms. The van der Waals surface area contributed by atoms with E-state index in [9.17, 15) is 0 Å². The summed E-state index contributed by atoms with van der Waals surface area (Å²) in [6, 6.07) is 0. The molecule has 3 unspecified atom stereocenters. The molecule has 1 aliphatic carbocycles. The lowest BCUT2D eigenvalue weighted by molar-refractivity contribution is 0.460. The van der Waals surface area contributed by atoms with Crippen molar-refractivity contribution in [2.45, 2.75) is 26.7 Å². The standard InChI is InChI=1S/C11H18/c1-5-6-7-8(2)11-9(3)10(11)4/h5,8,10-11H,1,3,6-7H2,2,4H3. The molecule has 0 heterocycles. The van der Waals surface area contributed by atoms with Gasteiger partial charge in [-0.15, -0.1) is 6.58 Å². The largest absolute Gasteiger partial charge is 0.103 e. The van der Waals surface area contributed by atoms with Crippen LogP contribution in [0.25, 0.3) is 0 Å². The average Bonchev–Trinajstić information content (AvgIpc) is 2.56. The molecule has 0 aromatic carbocycles. The maximum Gasteiger partial charge on any atom is -0.0114 e. The molecule has 0 aromatic rings. The van der Waals surface area contributed by atoms with Gasteiger partial charge in [-0.3, -0.25) is 0 Å². The molecular formula is C11H18. The van der Waals surface area contributed by atoms with Gasteiger partial charge >= 0.3 is 0 Å². The Hall–Kier alpha value is -0.520. The van der Waals surface area contributed by atoms with Crippen molar-refractivity contribution in [2.75, 3.05) is 0 Å². The normalized spacial score (nSPS) is 31.6. The van der Waals surface area contributed by atoms with Gasteiger partial charge in [-0.25, -0.2) is 0 Å². The van der Waals surface area contributed by atoms with E-state index in [0.29, 0.717) is 0 Å². The van der Waals surface area contributed by atoms with Gasteiger partial charge in [0.1, 0.15) is 0 Å². The third-order valence-corrected chi connectivity index (χ3v) is 2.88.